The first-order valence-corrected chi connectivity index (χ1v) is 7.73. The maximum Gasteiger partial charge on any atom is 0.241 e. The highest BCUT2D eigenvalue weighted by atomic mass is 32.1. The van der Waals surface area contributed by atoms with E-state index in [1.165, 1.54) is 24.8 Å². The highest BCUT2D eigenvalue weighted by Crippen LogP contribution is 2.37. The van der Waals surface area contributed by atoms with Crippen molar-refractivity contribution < 1.29 is 4.79 Å². The number of hydrogen-bond acceptors (Lipinski definition) is 3. The van der Waals surface area contributed by atoms with Crippen LogP contribution < -0.4 is 5.32 Å². The zero-order valence-electron chi connectivity index (χ0n) is 10.9. The highest BCUT2D eigenvalue weighted by Gasteiger charge is 2.45. The predicted molar refractivity (Wildman–Crippen MR) is 73.3 cm³/mol. The van der Waals surface area contributed by atoms with Crippen LogP contribution in [0.2, 0.25) is 0 Å². The topological polar surface area (TPSA) is 32.3 Å². The number of rotatable bonds is 3. The number of thiophene rings is 1. The lowest BCUT2D eigenvalue weighted by atomic mass is 9.90. The van der Waals surface area contributed by atoms with Crippen LogP contribution in [0.3, 0.4) is 0 Å². The highest BCUT2D eigenvalue weighted by molar-refractivity contribution is 7.07. The van der Waals surface area contributed by atoms with Crippen LogP contribution in [0.4, 0.5) is 0 Å². The summed E-state index contributed by atoms with van der Waals surface area (Å²) in [6.45, 7) is 4.23. The molecule has 1 aromatic rings. The number of hydrogen-bond donors (Lipinski definition) is 1. The maximum atomic E-state index is 12.6. The molecule has 1 amide bonds. The fraction of sp³-hybridized carbons (Fsp3) is 0.643. The van der Waals surface area contributed by atoms with Crippen LogP contribution in [0.5, 0.6) is 0 Å². The largest absolute Gasteiger partial charge is 0.319 e. The lowest BCUT2D eigenvalue weighted by Crippen LogP contribution is -2.44. The molecule has 3 rings (SSSR count). The monoisotopic (exact) mass is 264 g/mol. The van der Waals surface area contributed by atoms with Gasteiger partial charge in [0.05, 0.1) is 6.04 Å². The first-order valence-electron chi connectivity index (χ1n) is 6.79. The average molecular weight is 264 g/mol. The van der Waals surface area contributed by atoms with Gasteiger partial charge in [0, 0.05) is 6.04 Å². The van der Waals surface area contributed by atoms with E-state index in [9.17, 15) is 4.79 Å². The summed E-state index contributed by atoms with van der Waals surface area (Å²) in [4.78, 5) is 14.7. The van der Waals surface area contributed by atoms with Crippen molar-refractivity contribution in [3.63, 3.8) is 0 Å². The molecule has 0 radical (unpaired) electrons. The molecule has 1 saturated carbocycles. The Morgan fingerprint density at radius 1 is 1.44 bits per heavy atom. The summed E-state index contributed by atoms with van der Waals surface area (Å²) >= 11 is 1.70. The van der Waals surface area contributed by atoms with Gasteiger partial charge in [0.25, 0.3) is 0 Å². The molecule has 1 aliphatic carbocycles. The third kappa shape index (κ3) is 1.88. The van der Waals surface area contributed by atoms with Gasteiger partial charge in [-0.15, -0.1) is 0 Å². The van der Waals surface area contributed by atoms with Gasteiger partial charge in [-0.1, -0.05) is 13.8 Å². The lowest BCUT2D eigenvalue weighted by Gasteiger charge is -2.38. The molecule has 1 aromatic heterocycles. The maximum absolute atomic E-state index is 12.6. The van der Waals surface area contributed by atoms with Gasteiger partial charge in [0.1, 0.15) is 6.17 Å². The molecule has 98 valence electrons. The van der Waals surface area contributed by atoms with Crippen molar-refractivity contribution in [3.05, 3.63) is 22.4 Å². The second kappa shape index (κ2) is 4.67. The third-order valence-electron chi connectivity index (χ3n) is 4.13. The van der Waals surface area contributed by atoms with E-state index < -0.39 is 0 Å². The molecule has 1 aliphatic heterocycles. The Labute approximate surface area is 112 Å². The van der Waals surface area contributed by atoms with Crippen LogP contribution in [0, 0.1) is 5.92 Å². The zero-order valence-corrected chi connectivity index (χ0v) is 11.7. The fourth-order valence-corrected chi connectivity index (χ4v) is 3.51. The van der Waals surface area contributed by atoms with Crippen molar-refractivity contribution >= 4 is 17.2 Å². The van der Waals surface area contributed by atoms with Crippen LogP contribution >= 0.6 is 11.3 Å². The minimum Gasteiger partial charge on any atom is -0.319 e. The molecule has 2 heterocycles. The van der Waals surface area contributed by atoms with E-state index in [1.807, 2.05) is 0 Å². The van der Waals surface area contributed by atoms with Gasteiger partial charge >= 0.3 is 0 Å². The van der Waals surface area contributed by atoms with Crippen molar-refractivity contribution in [2.24, 2.45) is 5.92 Å². The summed E-state index contributed by atoms with van der Waals surface area (Å²) in [6, 6.07) is 2.57. The summed E-state index contributed by atoms with van der Waals surface area (Å²) in [5.41, 5.74) is 1.24. The normalized spacial score (nSPS) is 29.1. The fourth-order valence-electron chi connectivity index (χ4n) is 2.83. The Hall–Kier alpha value is -0.870. The number of carbonyl (C=O) groups excluding carboxylic acids is 1. The molecule has 2 atom stereocenters. The van der Waals surface area contributed by atoms with E-state index in [0.29, 0.717) is 17.9 Å². The van der Waals surface area contributed by atoms with Gasteiger partial charge in [0.15, 0.2) is 0 Å². The first kappa shape index (κ1) is 12.2. The van der Waals surface area contributed by atoms with E-state index >= 15 is 0 Å². The smallest absolute Gasteiger partial charge is 0.241 e. The first-order chi connectivity index (χ1) is 8.68. The Balaban J connectivity index is 1.88. The van der Waals surface area contributed by atoms with Crippen LogP contribution in [-0.2, 0) is 4.79 Å². The van der Waals surface area contributed by atoms with E-state index in [1.54, 1.807) is 11.3 Å². The Morgan fingerprint density at radius 3 is 2.72 bits per heavy atom. The molecule has 2 aliphatic rings. The Kier molecular flexibility index (Phi) is 3.16. The lowest BCUT2D eigenvalue weighted by molar-refractivity contribution is -0.134. The molecular weight excluding hydrogens is 244 g/mol. The molecule has 0 spiro atoms. The second-order valence-corrected chi connectivity index (χ2v) is 6.46. The van der Waals surface area contributed by atoms with Crippen LogP contribution in [0.15, 0.2) is 16.8 Å². The predicted octanol–water partition coefficient (Wildman–Crippen LogP) is 2.76. The van der Waals surface area contributed by atoms with E-state index in [-0.39, 0.29) is 12.2 Å². The van der Waals surface area contributed by atoms with Gasteiger partial charge < -0.3 is 4.90 Å². The number of nitrogens with one attached hydrogen (secondary N) is 1. The Bertz CT molecular complexity index is 425. The van der Waals surface area contributed by atoms with Crippen molar-refractivity contribution in [1.82, 2.24) is 10.2 Å². The second-order valence-electron chi connectivity index (χ2n) is 5.68. The van der Waals surface area contributed by atoms with Crippen molar-refractivity contribution in [3.8, 4) is 0 Å². The molecular formula is C14H20N2OS. The van der Waals surface area contributed by atoms with E-state index in [4.69, 9.17) is 0 Å². The zero-order chi connectivity index (χ0) is 12.7. The Morgan fingerprint density at radius 2 is 2.22 bits per heavy atom. The average Bonchev–Trinajstić information content (AvgIpc) is 2.85. The molecule has 2 fully saturated rings. The SMILES string of the molecule is CC(C)C1NC(c2ccsc2)N(C2CCC2)C1=O. The van der Waals surface area contributed by atoms with Gasteiger partial charge in [0.2, 0.25) is 5.91 Å². The molecule has 0 bridgehead atoms. The molecule has 2 unspecified atom stereocenters. The van der Waals surface area contributed by atoms with Gasteiger partial charge in [-0.25, -0.2) is 0 Å². The van der Waals surface area contributed by atoms with Gasteiger partial charge in [-0.2, -0.15) is 11.3 Å². The van der Waals surface area contributed by atoms with Crippen molar-refractivity contribution in [2.45, 2.75) is 51.4 Å². The number of nitrogens with zero attached hydrogens (tertiary/aromatic N) is 1. The van der Waals surface area contributed by atoms with Gasteiger partial charge in [-0.05, 0) is 47.6 Å². The molecule has 4 heteroatoms. The third-order valence-corrected chi connectivity index (χ3v) is 4.83. The van der Waals surface area contributed by atoms with Gasteiger partial charge in [-0.3, -0.25) is 10.1 Å². The summed E-state index contributed by atoms with van der Waals surface area (Å²) in [5, 5.41) is 7.76. The molecule has 1 N–H and O–H groups in total. The van der Waals surface area contributed by atoms with Crippen LogP contribution in [0.25, 0.3) is 0 Å². The summed E-state index contributed by atoms with van der Waals surface area (Å²) < 4.78 is 0. The van der Waals surface area contributed by atoms with E-state index in [2.05, 4.69) is 40.9 Å². The van der Waals surface area contributed by atoms with Crippen LogP contribution in [-0.4, -0.2) is 22.9 Å². The molecule has 0 aromatic carbocycles. The standard InChI is InChI=1S/C14H20N2OS/c1-9(2)12-14(17)16(11-4-3-5-11)13(15-12)10-6-7-18-8-10/h6-9,11-13,15H,3-5H2,1-2H3. The minimum atomic E-state index is -0.0181. The number of amides is 1. The number of carbonyl (C=O) groups is 1. The minimum absolute atomic E-state index is 0.0181. The van der Waals surface area contributed by atoms with Crippen LogP contribution in [0.1, 0.15) is 44.8 Å². The molecule has 1 saturated heterocycles. The summed E-state index contributed by atoms with van der Waals surface area (Å²) in [7, 11) is 0. The van der Waals surface area contributed by atoms with Crippen molar-refractivity contribution in [2.75, 3.05) is 0 Å². The van der Waals surface area contributed by atoms with Crippen molar-refractivity contribution in [1.29, 1.82) is 0 Å². The molecule has 18 heavy (non-hydrogen) atoms. The summed E-state index contributed by atoms with van der Waals surface area (Å²) in [6.07, 6.45) is 3.69. The molecule has 3 nitrogen and oxygen atoms in total. The summed E-state index contributed by atoms with van der Waals surface area (Å²) in [5.74, 6) is 0.648. The van der Waals surface area contributed by atoms with E-state index in [0.717, 1.165) is 0 Å². The quantitative estimate of drug-likeness (QED) is 0.910.